The summed E-state index contributed by atoms with van der Waals surface area (Å²) >= 11 is 1.71. The number of hydrogen-bond donors (Lipinski definition) is 0. The average Bonchev–Trinajstić information content (AvgIpc) is 3.20. The molecule has 0 amide bonds. The second-order valence-electron chi connectivity index (χ2n) is 5.58. The molecule has 0 saturated heterocycles. The van der Waals surface area contributed by atoms with E-state index in [0.29, 0.717) is 0 Å². The van der Waals surface area contributed by atoms with Crippen LogP contribution in [0.25, 0.3) is 5.69 Å². The zero-order valence-corrected chi connectivity index (χ0v) is 13.5. The molecule has 0 aliphatic carbocycles. The molecule has 0 saturated carbocycles. The number of fused-ring (bicyclic) bond motifs is 1. The number of aryl methyl sites for hydroxylation is 2. The van der Waals surface area contributed by atoms with Crippen LogP contribution in [0.1, 0.15) is 17.0 Å². The summed E-state index contributed by atoms with van der Waals surface area (Å²) in [4.78, 5) is 11.2. The Morgan fingerprint density at radius 2 is 2.14 bits per heavy atom. The van der Waals surface area contributed by atoms with Gasteiger partial charge in [-0.25, -0.2) is 9.67 Å². The number of rotatable bonds is 3. The highest BCUT2D eigenvalue weighted by Crippen LogP contribution is 2.31. The molecule has 0 unspecified atom stereocenters. The van der Waals surface area contributed by atoms with Gasteiger partial charge in [-0.05, 0) is 42.5 Å². The van der Waals surface area contributed by atoms with Crippen molar-refractivity contribution in [1.29, 1.82) is 0 Å². The van der Waals surface area contributed by atoms with E-state index < -0.39 is 0 Å². The Hall–Kier alpha value is -2.08. The summed E-state index contributed by atoms with van der Waals surface area (Å²) in [6, 6.07) is 6.39. The minimum absolute atomic E-state index is 0.777. The topological polar surface area (TPSA) is 46.3 Å². The van der Waals surface area contributed by atoms with Gasteiger partial charge in [-0.1, -0.05) is 17.8 Å². The standard InChI is InChI=1S/C16H17N5S/c1-11-3-4-13(7-12(11)2)21-15(18-10-19-21)8-14-9-22-16-17-5-6-20(14)16/h3-4,7,9-10H,5-6,8H2,1-2H3. The van der Waals surface area contributed by atoms with E-state index in [9.17, 15) is 0 Å². The largest absolute Gasteiger partial charge is 0.322 e. The third kappa shape index (κ3) is 2.23. The molecular formula is C16H17N5S. The van der Waals surface area contributed by atoms with Crippen molar-refractivity contribution < 1.29 is 0 Å². The molecule has 0 spiro atoms. The van der Waals surface area contributed by atoms with Crippen LogP contribution in [0.3, 0.4) is 0 Å². The van der Waals surface area contributed by atoms with E-state index in [1.807, 2.05) is 4.68 Å². The fourth-order valence-electron chi connectivity index (χ4n) is 2.74. The fraction of sp³-hybridized carbons (Fsp3) is 0.312. The van der Waals surface area contributed by atoms with Gasteiger partial charge in [0.25, 0.3) is 0 Å². The van der Waals surface area contributed by atoms with Crippen LogP contribution in [-0.4, -0.2) is 37.9 Å². The Kier molecular flexibility index (Phi) is 3.26. The number of thioether (sulfide) groups is 1. The van der Waals surface area contributed by atoms with E-state index in [4.69, 9.17) is 0 Å². The van der Waals surface area contributed by atoms with Gasteiger partial charge < -0.3 is 4.90 Å². The molecule has 2 aliphatic heterocycles. The number of benzene rings is 1. The number of nitrogens with zero attached hydrogens (tertiary/aromatic N) is 5. The highest BCUT2D eigenvalue weighted by atomic mass is 32.2. The van der Waals surface area contributed by atoms with Crippen molar-refractivity contribution in [1.82, 2.24) is 19.7 Å². The average molecular weight is 311 g/mol. The van der Waals surface area contributed by atoms with Crippen LogP contribution in [0.15, 0.2) is 40.6 Å². The van der Waals surface area contributed by atoms with Gasteiger partial charge in [-0.15, -0.1) is 0 Å². The lowest BCUT2D eigenvalue weighted by Crippen LogP contribution is -2.22. The number of hydrogen-bond acceptors (Lipinski definition) is 5. The molecule has 112 valence electrons. The summed E-state index contributed by atoms with van der Waals surface area (Å²) in [6.07, 6.45) is 2.41. The predicted molar refractivity (Wildman–Crippen MR) is 89.2 cm³/mol. The maximum atomic E-state index is 4.49. The molecule has 22 heavy (non-hydrogen) atoms. The van der Waals surface area contributed by atoms with E-state index in [1.54, 1.807) is 18.1 Å². The Balaban J connectivity index is 1.63. The molecule has 0 fully saturated rings. The number of aromatic nitrogens is 3. The zero-order valence-electron chi connectivity index (χ0n) is 12.7. The number of amidine groups is 1. The van der Waals surface area contributed by atoms with E-state index >= 15 is 0 Å². The second-order valence-corrected chi connectivity index (χ2v) is 6.41. The molecule has 0 N–H and O–H groups in total. The predicted octanol–water partition coefficient (Wildman–Crippen LogP) is 2.69. The van der Waals surface area contributed by atoms with Gasteiger partial charge in [0.15, 0.2) is 5.17 Å². The lowest BCUT2D eigenvalue weighted by molar-refractivity contribution is 0.551. The van der Waals surface area contributed by atoms with Crippen molar-refractivity contribution in [3.63, 3.8) is 0 Å². The van der Waals surface area contributed by atoms with Gasteiger partial charge in [0.1, 0.15) is 12.2 Å². The molecule has 6 heteroatoms. The molecule has 1 aromatic carbocycles. The van der Waals surface area contributed by atoms with Gasteiger partial charge in [0, 0.05) is 18.7 Å². The molecule has 5 nitrogen and oxygen atoms in total. The SMILES string of the molecule is Cc1ccc(-n2ncnc2CC2=CSC3=NCCN23)cc1C. The van der Waals surface area contributed by atoms with Crippen LogP contribution in [0.2, 0.25) is 0 Å². The van der Waals surface area contributed by atoms with Crippen molar-refractivity contribution in [3.8, 4) is 5.69 Å². The van der Waals surface area contributed by atoms with Crippen molar-refractivity contribution in [3.05, 3.63) is 52.6 Å². The minimum Gasteiger partial charge on any atom is -0.322 e. The first-order chi connectivity index (χ1) is 10.7. The smallest absolute Gasteiger partial charge is 0.167 e. The molecular weight excluding hydrogens is 294 g/mol. The second kappa shape index (κ2) is 5.28. The molecule has 1 aromatic heterocycles. The van der Waals surface area contributed by atoms with Gasteiger partial charge >= 0.3 is 0 Å². The highest BCUT2D eigenvalue weighted by molar-refractivity contribution is 8.16. The number of allylic oxidation sites excluding steroid dienone is 1. The van der Waals surface area contributed by atoms with Gasteiger partial charge in [-0.3, -0.25) is 4.99 Å². The van der Waals surface area contributed by atoms with Crippen molar-refractivity contribution in [2.24, 2.45) is 4.99 Å². The Morgan fingerprint density at radius 3 is 3.00 bits per heavy atom. The Bertz CT molecular complexity index is 790. The normalized spacial score (nSPS) is 16.7. The first-order valence-corrected chi connectivity index (χ1v) is 8.24. The quantitative estimate of drug-likeness (QED) is 0.874. The van der Waals surface area contributed by atoms with Crippen LogP contribution >= 0.6 is 11.8 Å². The van der Waals surface area contributed by atoms with Gasteiger partial charge in [0.2, 0.25) is 0 Å². The Labute approximate surface area is 133 Å². The lowest BCUT2D eigenvalue weighted by Gasteiger charge is -2.16. The Morgan fingerprint density at radius 1 is 1.23 bits per heavy atom. The van der Waals surface area contributed by atoms with Crippen molar-refractivity contribution in [2.75, 3.05) is 13.1 Å². The first kappa shape index (κ1) is 13.6. The van der Waals surface area contributed by atoms with Crippen LogP contribution in [-0.2, 0) is 6.42 Å². The summed E-state index contributed by atoms with van der Waals surface area (Å²) in [5.74, 6) is 0.961. The molecule has 2 aromatic rings. The monoisotopic (exact) mass is 311 g/mol. The molecule has 4 rings (SSSR count). The lowest BCUT2D eigenvalue weighted by atomic mass is 10.1. The fourth-order valence-corrected chi connectivity index (χ4v) is 3.69. The van der Waals surface area contributed by atoms with Crippen LogP contribution < -0.4 is 0 Å². The minimum atomic E-state index is 0.777. The van der Waals surface area contributed by atoms with Crippen LogP contribution in [0, 0.1) is 13.8 Å². The van der Waals surface area contributed by atoms with Crippen LogP contribution in [0.4, 0.5) is 0 Å². The molecule has 3 heterocycles. The summed E-state index contributed by atoms with van der Waals surface area (Å²) < 4.78 is 1.93. The molecule has 0 bridgehead atoms. The number of aliphatic imine (C=N–C) groups is 1. The zero-order chi connectivity index (χ0) is 15.1. The summed E-state index contributed by atoms with van der Waals surface area (Å²) in [5, 5.41) is 7.70. The van der Waals surface area contributed by atoms with E-state index in [-0.39, 0.29) is 0 Å². The van der Waals surface area contributed by atoms with Crippen LogP contribution in [0.5, 0.6) is 0 Å². The highest BCUT2D eigenvalue weighted by Gasteiger charge is 2.27. The summed E-state index contributed by atoms with van der Waals surface area (Å²) in [7, 11) is 0. The van der Waals surface area contributed by atoms with E-state index in [0.717, 1.165) is 36.2 Å². The molecule has 2 aliphatic rings. The maximum absolute atomic E-state index is 4.49. The third-order valence-electron chi connectivity index (χ3n) is 4.14. The van der Waals surface area contributed by atoms with Gasteiger partial charge in [0.05, 0.1) is 12.2 Å². The maximum Gasteiger partial charge on any atom is 0.167 e. The van der Waals surface area contributed by atoms with E-state index in [2.05, 4.69) is 57.4 Å². The summed E-state index contributed by atoms with van der Waals surface area (Å²) in [5.41, 5.74) is 4.89. The first-order valence-electron chi connectivity index (χ1n) is 7.36. The van der Waals surface area contributed by atoms with Crippen molar-refractivity contribution in [2.45, 2.75) is 20.3 Å². The van der Waals surface area contributed by atoms with Crippen molar-refractivity contribution >= 4 is 16.9 Å². The van der Waals surface area contributed by atoms with Gasteiger partial charge in [-0.2, -0.15) is 5.10 Å². The third-order valence-corrected chi connectivity index (χ3v) is 5.09. The van der Waals surface area contributed by atoms with E-state index in [1.165, 1.54) is 16.8 Å². The summed E-state index contributed by atoms with van der Waals surface area (Å²) in [6.45, 7) is 6.12. The molecule has 0 radical (unpaired) electrons. The molecule has 0 atom stereocenters.